The quantitative estimate of drug-likeness (QED) is 0.179. The highest BCUT2D eigenvalue weighted by Gasteiger charge is 2.53. The molecule has 50 heavy (non-hydrogen) atoms. The number of oxime groups is 1. The number of rotatable bonds is 5. The summed E-state index contributed by atoms with van der Waals surface area (Å²) in [6.07, 6.45) is 0.629. The largest absolute Gasteiger partial charge is 0.368 e. The van der Waals surface area contributed by atoms with Gasteiger partial charge < -0.3 is 14.6 Å². The van der Waals surface area contributed by atoms with Crippen molar-refractivity contribution < 1.29 is 4.84 Å². The fourth-order valence-corrected chi connectivity index (χ4v) is 8.97. The number of pyridine rings is 1. The number of para-hydroxylation sites is 3. The van der Waals surface area contributed by atoms with Gasteiger partial charge in [-0.1, -0.05) is 107 Å². The van der Waals surface area contributed by atoms with Crippen molar-refractivity contribution in [2.75, 3.05) is 40.9 Å². The summed E-state index contributed by atoms with van der Waals surface area (Å²) in [5, 5.41) is 6.70. The minimum absolute atomic E-state index is 0.0105. The number of amidine groups is 1. The lowest BCUT2D eigenvalue weighted by atomic mass is 9.91. The molecule has 3 aliphatic heterocycles. The van der Waals surface area contributed by atoms with Gasteiger partial charge in [0.25, 0.3) is 0 Å². The maximum Gasteiger partial charge on any atom is 0.242 e. The molecule has 3 aliphatic rings. The van der Waals surface area contributed by atoms with Crippen molar-refractivity contribution in [1.29, 1.82) is 0 Å². The second-order valence-electron chi connectivity index (χ2n) is 13.2. The number of halogens is 1. The highest BCUT2D eigenvalue weighted by molar-refractivity contribution is 7.99. The second kappa shape index (κ2) is 12.7. The average Bonchev–Trinajstić information content (AvgIpc) is 3.47. The van der Waals surface area contributed by atoms with Gasteiger partial charge in [0.1, 0.15) is 5.82 Å². The van der Waals surface area contributed by atoms with Gasteiger partial charge in [-0.15, -0.1) is 11.8 Å². The van der Waals surface area contributed by atoms with Crippen molar-refractivity contribution in [1.82, 2.24) is 4.98 Å². The van der Waals surface area contributed by atoms with E-state index in [1.807, 2.05) is 23.9 Å². The summed E-state index contributed by atoms with van der Waals surface area (Å²) in [5.74, 6) is 1.84. The third-order valence-corrected chi connectivity index (χ3v) is 11.6. The number of anilines is 3. The van der Waals surface area contributed by atoms with Crippen LogP contribution in [-0.2, 0) is 10.6 Å². The molecule has 248 valence electrons. The van der Waals surface area contributed by atoms with Gasteiger partial charge in [0.2, 0.25) is 5.72 Å². The normalized spacial score (nSPS) is 20.2. The lowest BCUT2D eigenvalue weighted by Crippen LogP contribution is -2.48. The fourth-order valence-electron chi connectivity index (χ4n) is 7.49. The molecule has 1 saturated heterocycles. The first-order chi connectivity index (χ1) is 24.6. The third-order valence-electron chi connectivity index (χ3n) is 10.1. The number of hydrogen-bond donors (Lipinski definition) is 0. The Kier molecular flexibility index (Phi) is 7.90. The van der Waals surface area contributed by atoms with Crippen LogP contribution in [0.5, 0.6) is 0 Å². The van der Waals surface area contributed by atoms with Crippen LogP contribution in [0.4, 0.5) is 17.2 Å². The first-order valence-electron chi connectivity index (χ1n) is 17.2. The van der Waals surface area contributed by atoms with E-state index in [0.717, 1.165) is 65.5 Å². The van der Waals surface area contributed by atoms with Gasteiger partial charge in [0, 0.05) is 75.5 Å². The number of thioether (sulfide) groups is 1. The van der Waals surface area contributed by atoms with E-state index in [0.29, 0.717) is 11.4 Å². The molecule has 1 aromatic heterocycles. The second-order valence-corrected chi connectivity index (χ2v) is 14.9. The van der Waals surface area contributed by atoms with Crippen LogP contribution in [0.25, 0.3) is 10.9 Å². The molecule has 2 unspecified atom stereocenters. The van der Waals surface area contributed by atoms with Crippen LogP contribution in [-0.4, -0.2) is 37.0 Å². The lowest BCUT2D eigenvalue weighted by Gasteiger charge is -2.39. The average molecular weight is 694 g/mol. The highest BCUT2D eigenvalue weighted by atomic mass is 35.5. The standard InChI is InChI=1S/C42H36ClN5OS/c1-29-15-17-30(18-16-29)40-45-49-42(32-19-21-33(43)22-20-32)28-39(50-38-14-8-7-13-37(38)48(40)42)35-27-31-9-5-6-12-36(31)44-41(35)47-25-23-46(24-26-47)34-10-3-2-4-11-34/h2-22,27,39H,23-26,28H2,1H3. The monoisotopic (exact) mass is 693 g/mol. The summed E-state index contributed by atoms with van der Waals surface area (Å²) < 4.78 is 0. The Labute approximate surface area is 301 Å². The molecule has 1 fully saturated rings. The van der Waals surface area contributed by atoms with Crippen molar-refractivity contribution in [2.24, 2.45) is 5.16 Å². The molecule has 0 saturated carbocycles. The summed E-state index contributed by atoms with van der Waals surface area (Å²) in [6.45, 7) is 5.73. The molecule has 0 aliphatic carbocycles. The molecule has 0 N–H and O–H groups in total. The summed E-state index contributed by atoms with van der Waals surface area (Å²) in [5.41, 5.74) is 6.83. The van der Waals surface area contributed by atoms with Gasteiger partial charge in [0.05, 0.1) is 11.2 Å². The van der Waals surface area contributed by atoms with Crippen LogP contribution < -0.4 is 14.7 Å². The fraction of sp³-hybridized carbons (Fsp3) is 0.190. The molecule has 5 aromatic carbocycles. The number of piperazine rings is 1. The first kappa shape index (κ1) is 31.0. The molecule has 4 heterocycles. The van der Waals surface area contributed by atoms with Crippen molar-refractivity contribution in [2.45, 2.75) is 29.2 Å². The molecule has 0 bridgehead atoms. The molecule has 0 radical (unpaired) electrons. The number of hydrogen-bond acceptors (Lipinski definition) is 7. The Hall–Kier alpha value is -4.98. The summed E-state index contributed by atoms with van der Waals surface area (Å²) in [4.78, 5) is 20.7. The van der Waals surface area contributed by atoms with Crippen LogP contribution >= 0.6 is 23.4 Å². The molecule has 0 spiro atoms. The van der Waals surface area contributed by atoms with E-state index in [-0.39, 0.29) is 5.25 Å². The Morgan fingerprint density at radius 1 is 0.760 bits per heavy atom. The molecule has 0 amide bonds. The molecule has 9 rings (SSSR count). The van der Waals surface area contributed by atoms with Gasteiger partial charge in [-0.05, 0) is 55.5 Å². The molecular formula is C42H36ClN5OS. The number of aromatic nitrogens is 1. The predicted molar refractivity (Wildman–Crippen MR) is 207 cm³/mol. The van der Waals surface area contributed by atoms with Crippen molar-refractivity contribution in [3.63, 3.8) is 0 Å². The minimum Gasteiger partial charge on any atom is -0.368 e. The zero-order valence-corrected chi connectivity index (χ0v) is 29.3. The summed E-state index contributed by atoms with van der Waals surface area (Å²) in [7, 11) is 0. The van der Waals surface area contributed by atoms with E-state index < -0.39 is 5.72 Å². The molecule has 6 nitrogen and oxygen atoms in total. The Morgan fingerprint density at radius 2 is 1.46 bits per heavy atom. The van der Waals surface area contributed by atoms with Gasteiger partial charge >= 0.3 is 0 Å². The number of fused-ring (bicyclic) bond motifs is 4. The summed E-state index contributed by atoms with van der Waals surface area (Å²) >= 11 is 8.36. The molecule has 2 atom stereocenters. The number of nitrogens with zero attached hydrogens (tertiary/aromatic N) is 5. The zero-order chi connectivity index (χ0) is 33.7. The first-order valence-corrected chi connectivity index (χ1v) is 18.4. The summed E-state index contributed by atoms with van der Waals surface area (Å²) in [6, 6.07) is 46.8. The van der Waals surface area contributed by atoms with Crippen LogP contribution in [0.2, 0.25) is 5.02 Å². The van der Waals surface area contributed by atoms with Crippen molar-refractivity contribution >= 4 is 57.3 Å². The number of benzene rings is 5. The van der Waals surface area contributed by atoms with E-state index in [9.17, 15) is 0 Å². The van der Waals surface area contributed by atoms with E-state index in [4.69, 9.17) is 26.6 Å². The molecular weight excluding hydrogens is 658 g/mol. The van der Waals surface area contributed by atoms with Crippen LogP contribution in [0.1, 0.15) is 33.9 Å². The third kappa shape index (κ3) is 5.45. The highest BCUT2D eigenvalue weighted by Crippen LogP contribution is 2.57. The number of aryl methyl sites for hydroxylation is 1. The zero-order valence-electron chi connectivity index (χ0n) is 27.7. The van der Waals surface area contributed by atoms with Crippen LogP contribution in [0, 0.1) is 6.92 Å². The van der Waals surface area contributed by atoms with Gasteiger partial charge in [0.15, 0.2) is 5.84 Å². The van der Waals surface area contributed by atoms with Crippen molar-refractivity contribution in [3.8, 4) is 0 Å². The Balaban J connectivity index is 1.18. The van der Waals surface area contributed by atoms with Crippen LogP contribution in [0.3, 0.4) is 0 Å². The van der Waals surface area contributed by atoms with Crippen LogP contribution in [0.15, 0.2) is 144 Å². The SMILES string of the molecule is Cc1ccc(C2=NOC3(c4ccc(Cl)cc4)CC(c4cc5ccccc5nc4N4CCN(c5ccccc5)CC4)Sc4ccccc4N23)cc1. The van der Waals surface area contributed by atoms with Gasteiger partial charge in [-0.2, -0.15) is 0 Å². The maximum atomic E-state index is 6.81. The van der Waals surface area contributed by atoms with E-state index in [1.165, 1.54) is 21.7 Å². The van der Waals surface area contributed by atoms with E-state index >= 15 is 0 Å². The minimum atomic E-state index is -0.927. The smallest absolute Gasteiger partial charge is 0.242 e. The molecule has 8 heteroatoms. The molecule has 6 aromatic rings. The van der Waals surface area contributed by atoms with Crippen molar-refractivity contribution in [3.05, 3.63) is 161 Å². The Morgan fingerprint density at radius 3 is 2.26 bits per heavy atom. The van der Waals surface area contributed by atoms with E-state index in [2.05, 4.69) is 143 Å². The lowest BCUT2D eigenvalue weighted by molar-refractivity contribution is -0.0283. The van der Waals surface area contributed by atoms with Gasteiger partial charge in [-0.25, -0.2) is 4.98 Å². The van der Waals surface area contributed by atoms with E-state index in [1.54, 1.807) is 0 Å². The van der Waals surface area contributed by atoms with Gasteiger partial charge in [-0.3, -0.25) is 4.90 Å². The Bertz CT molecular complexity index is 2200. The predicted octanol–water partition coefficient (Wildman–Crippen LogP) is 9.81. The topological polar surface area (TPSA) is 44.2 Å². The maximum absolute atomic E-state index is 6.81.